The third-order valence-electron chi connectivity index (χ3n) is 4.70. The molecule has 0 radical (unpaired) electrons. The van der Waals surface area contributed by atoms with E-state index in [-0.39, 0.29) is 5.78 Å². The first-order valence-corrected chi connectivity index (χ1v) is 8.59. The zero-order valence-corrected chi connectivity index (χ0v) is 14.8. The van der Waals surface area contributed by atoms with Crippen molar-refractivity contribution in [3.05, 3.63) is 52.6 Å². The lowest BCUT2D eigenvalue weighted by molar-refractivity contribution is 0.102. The standard InChI is InChI=1S/C21H20O5/c1-23-16-5-6-17-14(12-16)3-4-15(20(17)22)9-13-10-18(24-2)21-19(11-13)25-7-8-26-21/h5-6,9-12H,3-4,7-8H2,1-2H3/b15-9-. The van der Waals surface area contributed by atoms with E-state index in [1.165, 1.54) is 0 Å². The fourth-order valence-electron chi connectivity index (χ4n) is 3.40. The van der Waals surface area contributed by atoms with Crippen LogP contribution in [0.15, 0.2) is 35.9 Å². The van der Waals surface area contributed by atoms with Gasteiger partial charge in [0.05, 0.1) is 14.2 Å². The van der Waals surface area contributed by atoms with Crippen LogP contribution < -0.4 is 18.9 Å². The van der Waals surface area contributed by atoms with Gasteiger partial charge in [-0.25, -0.2) is 0 Å². The normalized spacial score (nSPS) is 17.0. The van der Waals surface area contributed by atoms with Crippen molar-refractivity contribution >= 4 is 11.9 Å². The molecule has 0 saturated heterocycles. The number of fused-ring (bicyclic) bond motifs is 2. The van der Waals surface area contributed by atoms with Crippen molar-refractivity contribution in [3.8, 4) is 23.0 Å². The molecule has 1 heterocycles. The van der Waals surface area contributed by atoms with E-state index in [0.717, 1.165) is 34.4 Å². The molecule has 2 aromatic rings. The molecular formula is C21H20O5. The summed E-state index contributed by atoms with van der Waals surface area (Å²) in [4.78, 5) is 12.9. The van der Waals surface area contributed by atoms with Crippen LogP contribution in [0.2, 0.25) is 0 Å². The molecule has 1 aliphatic heterocycles. The summed E-state index contributed by atoms with van der Waals surface area (Å²) in [6, 6.07) is 9.37. The summed E-state index contributed by atoms with van der Waals surface area (Å²) in [5.74, 6) is 2.72. The predicted molar refractivity (Wildman–Crippen MR) is 97.6 cm³/mol. The molecule has 1 aliphatic carbocycles. The van der Waals surface area contributed by atoms with Crippen LogP contribution in [-0.4, -0.2) is 33.2 Å². The number of carbonyl (C=O) groups excluding carboxylic acids is 1. The van der Waals surface area contributed by atoms with Gasteiger partial charge in [-0.15, -0.1) is 0 Å². The van der Waals surface area contributed by atoms with E-state index in [1.807, 2.05) is 36.4 Å². The summed E-state index contributed by atoms with van der Waals surface area (Å²) in [7, 11) is 3.23. The van der Waals surface area contributed by atoms with E-state index in [4.69, 9.17) is 18.9 Å². The molecule has 2 aromatic carbocycles. The lowest BCUT2D eigenvalue weighted by Crippen LogP contribution is -2.16. The van der Waals surface area contributed by atoms with Gasteiger partial charge in [0.15, 0.2) is 17.3 Å². The van der Waals surface area contributed by atoms with E-state index in [1.54, 1.807) is 14.2 Å². The number of aryl methyl sites for hydroxylation is 1. The molecule has 0 fully saturated rings. The van der Waals surface area contributed by atoms with Crippen LogP contribution in [0.3, 0.4) is 0 Å². The van der Waals surface area contributed by atoms with E-state index in [9.17, 15) is 4.79 Å². The zero-order valence-electron chi connectivity index (χ0n) is 14.8. The average molecular weight is 352 g/mol. The highest BCUT2D eigenvalue weighted by atomic mass is 16.6. The largest absolute Gasteiger partial charge is 0.497 e. The quantitative estimate of drug-likeness (QED) is 0.789. The monoisotopic (exact) mass is 352 g/mol. The van der Waals surface area contributed by atoms with Crippen molar-refractivity contribution in [2.75, 3.05) is 27.4 Å². The zero-order chi connectivity index (χ0) is 18.1. The first-order valence-electron chi connectivity index (χ1n) is 8.59. The number of hydrogen-bond acceptors (Lipinski definition) is 5. The SMILES string of the molecule is COc1ccc2c(c1)CC/C(=C/c1cc(OC)c3c(c1)OCCO3)C2=O. The second-order valence-electron chi connectivity index (χ2n) is 6.27. The summed E-state index contributed by atoms with van der Waals surface area (Å²) in [5.41, 5.74) is 3.42. The van der Waals surface area contributed by atoms with Gasteiger partial charge in [0.25, 0.3) is 0 Å². The van der Waals surface area contributed by atoms with Gasteiger partial charge < -0.3 is 18.9 Å². The van der Waals surface area contributed by atoms with Crippen molar-refractivity contribution in [1.29, 1.82) is 0 Å². The summed E-state index contributed by atoms with van der Waals surface area (Å²) in [6.45, 7) is 1.01. The summed E-state index contributed by atoms with van der Waals surface area (Å²) >= 11 is 0. The smallest absolute Gasteiger partial charge is 0.203 e. The van der Waals surface area contributed by atoms with E-state index >= 15 is 0 Å². The first kappa shape index (κ1) is 16.5. The van der Waals surface area contributed by atoms with Crippen LogP contribution in [-0.2, 0) is 6.42 Å². The molecular weight excluding hydrogens is 332 g/mol. The maximum Gasteiger partial charge on any atom is 0.203 e. The Morgan fingerprint density at radius 2 is 1.85 bits per heavy atom. The maximum atomic E-state index is 12.9. The van der Waals surface area contributed by atoms with E-state index in [0.29, 0.717) is 36.9 Å². The third kappa shape index (κ3) is 2.90. The number of ketones is 1. The molecule has 2 aliphatic rings. The summed E-state index contributed by atoms with van der Waals surface area (Å²) in [5, 5.41) is 0. The fraction of sp³-hybridized carbons (Fsp3) is 0.286. The molecule has 0 atom stereocenters. The molecule has 4 rings (SSSR count). The second kappa shape index (κ2) is 6.75. The lowest BCUT2D eigenvalue weighted by atomic mass is 9.86. The molecule has 0 unspecified atom stereocenters. The van der Waals surface area contributed by atoms with Crippen LogP contribution >= 0.6 is 0 Å². The van der Waals surface area contributed by atoms with Gasteiger partial charge in [-0.05, 0) is 60.4 Å². The van der Waals surface area contributed by atoms with Gasteiger partial charge in [-0.1, -0.05) is 0 Å². The van der Waals surface area contributed by atoms with Gasteiger partial charge in [-0.3, -0.25) is 4.79 Å². The molecule has 0 aromatic heterocycles. The molecule has 0 bridgehead atoms. The first-order chi connectivity index (χ1) is 12.7. The Morgan fingerprint density at radius 3 is 2.65 bits per heavy atom. The highest BCUT2D eigenvalue weighted by molar-refractivity contribution is 6.13. The van der Waals surface area contributed by atoms with Gasteiger partial charge in [0.1, 0.15) is 19.0 Å². The van der Waals surface area contributed by atoms with Crippen molar-refractivity contribution in [2.45, 2.75) is 12.8 Å². The van der Waals surface area contributed by atoms with Crippen molar-refractivity contribution in [3.63, 3.8) is 0 Å². The molecule has 0 amide bonds. The number of hydrogen-bond donors (Lipinski definition) is 0. The van der Waals surface area contributed by atoms with Gasteiger partial charge in [0, 0.05) is 11.1 Å². The minimum absolute atomic E-state index is 0.0581. The van der Waals surface area contributed by atoms with Crippen LogP contribution in [0.25, 0.3) is 6.08 Å². The number of Topliss-reactive ketones (excluding diaryl/α,β-unsaturated/α-hetero) is 1. The number of carbonyl (C=O) groups is 1. The Bertz CT molecular complexity index is 880. The minimum atomic E-state index is 0.0581. The van der Waals surface area contributed by atoms with Crippen molar-refractivity contribution < 1.29 is 23.7 Å². The predicted octanol–water partition coefficient (Wildman–Crippen LogP) is 3.69. The Hall–Kier alpha value is -2.95. The van der Waals surface area contributed by atoms with Gasteiger partial charge in [-0.2, -0.15) is 0 Å². The number of methoxy groups -OCH3 is 2. The highest BCUT2D eigenvalue weighted by Crippen LogP contribution is 2.41. The lowest BCUT2D eigenvalue weighted by Gasteiger charge is -2.21. The molecule has 134 valence electrons. The topological polar surface area (TPSA) is 54.0 Å². The molecule has 26 heavy (non-hydrogen) atoms. The molecule has 0 spiro atoms. The van der Waals surface area contributed by atoms with E-state index in [2.05, 4.69) is 0 Å². The maximum absolute atomic E-state index is 12.9. The van der Waals surface area contributed by atoms with Crippen LogP contribution in [0.5, 0.6) is 23.0 Å². The molecule has 0 saturated carbocycles. The van der Waals surface area contributed by atoms with Crippen LogP contribution in [0.4, 0.5) is 0 Å². The molecule has 5 nitrogen and oxygen atoms in total. The number of ether oxygens (including phenoxy) is 4. The van der Waals surface area contributed by atoms with Gasteiger partial charge >= 0.3 is 0 Å². The van der Waals surface area contributed by atoms with Crippen molar-refractivity contribution in [1.82, 2.24) is 0 Å². The summed E-state index contributed by atoms with van der Waals surface area (Å²) < 4.78 is 22.0. The van der Waals surface area contributed by atoms with Crippen molar-refractivity contribution in [2.24, 2.45) is 0 Å². The number of rotatable bonds is 3. The third-order valence-corrected chi connectivity index (χ3v) is 4.70. The Labute approximate surface area is 152 Å². The highest BCUT2D eigenvalue weighted by Gasteiger charge is 2.23. The van der Waals surface area contributed by atoms with Crippen LogP contribution in [0.1, 0.15) is 27.9 Å². The average Bonchev–Trinajstić information content (AvgIpc) is 2.69. The summed E-state index contributed by atoms with van der Waals surface area (Å²) in [6.07, 6.45) is 3.41. The van der Waals surface area contributed by atoms with E-state index < -0.39 is 0 Å². The molecule has 0 N–H and O–H groups in total. The fourth-order valence-corrected chi connectivity index (χ4v) is 3.40. The number of benzene rings is 2. The van der Waals surface area contributed by atoms with Gasteiger partial charge in [0.2, 0.25) is 5.75 Å². The minimum Gasteiger partial charge on any atom is -0.497 e. The Kier molecular flexibility index (Phi) is 4.29. The molecule has 5 heteroatoms. The number of allylic oxidation sites excluding steroid dienone is 1. The second-order valence-corrected chi connectivity index (χ2v) is 6.27. The Morgan fingerprint density at radius 1 is 1.00 bits per heavy atom. The van der Waals surface area contributed by atoms with Crippen LogP contribution in [0, 0.1) is 0 Å². The Balaban J connectivity index is 1.69.